The van der Waals surface area contributed by atoms with Crippen molar-refractivity contribution in [2.45, 2.75) is 19.5 Å². The maximum atomic E-state index is 12.2. The van der Waals surface area contributed by atoms with Crippen molar-refractivity contribution in [3.8, 4) is 5.75 Å². The van der Waals surface area contributed by atoms with Crippen molar-refractivity contribution in [3.05, 3.63) is 48.3 Å². The molecule has 0 fully saturated rings. The maximum Gasteiger partial charge on any atom is 0.314 e. The Labute approximate surface area is 155 Å². The normalized spacial score (nSPS) is 13.3. The zero-order chi connectivity index (χ0) is 18.9. The van der Waals surface area contributed by atoms with Crippen molar-refractivity contribution in [1.82, 2.24) is 25.3 Å². The van der Waals surface area contributed by atoms with E-state index in [9.17, 15) is 4.79 Å². The smallest absolute Gasteiger partial charge is 0.314 e. The van der Waals surface area contributed by atoms with Gasteiger partial charge < -0.3 is 20.3 Å². The highest BCUT2D eigenvalue weighted by atomic mass is 16.5. The minimum atomic E-state index is -0.168. The molecule has 0 aliphatic heterocycles. The van der Waals surface area contributed by atoms with Gasteiger partial charge in [-0.3, -0.25) is 4.68 Å². The number of rotatable bonds is 9. The van der Waals surface area contributed by atoms with Gasteiger partial charge in [-0.1, -0.05) is 25.1 Å². The standard InChI is InChI=1S/C19H29N5O2/c1-15(14-24-11-7-10-22-24)12-20-19(25)21-13-17(23(2)3)16-8-5-6-9-18(16)26-4/h5-11,15,17H,12-14H2,1-4H3,(H2,20,21,25). The van der Waals surface area contributed by atoms with Crippen molar-refractivity contribution >= 4 is 6.03 Å². The van der Waals surface area contributed by atoms with Crippen LogP contribution in [0.4, 0.5) is 4.79 Å². The molecule has 0 aliphatic carbocycles. The quantitative estimate of drug-likeness (QED) is 0.719. The van der Waals surface area contributed by atoms with E-state index >= 15 is 0 Å². The lowest BCUT2D eigenvalue weighted by atomic mass is 10.0. The van der Waals surface area contributed by atoms with Gasteiger partial charge in [0.05, 0.1) is 13.2 Å². The molecule has 7 nitrogen and oxygen atoms in total. The minimum Gasteiger partial charge on any atom is -0.496 e. The first kappa shape index (κ1) is 19.8. The van der Waals surface area contributed by atoms with Gasteiger partial charge in [0.25, 0.3) is 0 Å². The second kappa shape index (κ2) is 9.82. The number of ether oxygens (including phenoxy) is 1. The molecule has 2 aromatic rings. The van der Waals surface area contributed by atoms with Crippen LogP contribution >= 0.6 is 0 Å². The van der Waals surface area contributed by atoms with Crippen molar-refractivity contribution in [2.75, 3.05) is 34.3 Å². The van der Waals surface area contributed by atoms with E-state index in [1.165, 1.54) is 0 Å². The van der Waals surface area contributed by atoms with Crippen LogP contribution in [-0.4, -0.2) is 55.0 Å². The average molecular weight is 359 g/mol. The van der Waals surface area contributed by atoms with Gasteiger partial charge in [0.2, 0.25) is 0 Å². The molecular weight excluding hydrogens is 330 g/mol. The summed E-state index contributed by atoms with van der Waals surface area (Å²) in [5, 5.41) is 10.1. The number of likely N-dealkylation sites (N-methyl/N-ethyl adjacent to an activating group) is 1. The Morgan fingerprint density at radius 1 is 1.23 bits per heavy atom. The number of amides is 2. The van der Waals surface area contributed by atoms with Gasteiger partial charge in [-0.15, -0.1) is 0 Å². The lowest BCUT2D eigenvalue weighted by Crippen LogP contribution is -2.42. The summed E-state index contributed by atoms with van der Waals surface area (Å²) in [6.07, 6.45) is 3.68. The molecule has 0 bridgehead atoms. The predicted octanol–water partition coefficient (Wildman–Crippen LogP) is 2.13. The first-order valence-electron chi connectivity index (χ1n) is 8.79. The van der Waals surface area contributed by atoms with Gasteiger partial charge in [-0.25, -0.2) is 4.79 Å². The molecule has 1 heterocycles. The first-order valence-corrected chi connectivity index (χ1v) is 8.79. The number of nitrogens with one attached hydrogen (secondary N) is 2. The second-order valence-electron chi connectivity index (χ2n) is 6.65. The number of carbonyl (C=O) groups is 1. The van der Waals surface area contributed by atoms with Crippen LogP contribution in [0.3, 0.4) is 0 Å². The van der Waals surface area contributed by atoms with Crippen LogP contribution in [0.2, 0.25) is 0 Å². The summed E-state index contributed by atoms with van der Waals surface area (Å²) >= 11 is 0. The second-order valence-corrected chi connectivity index (χ2v) is 6.65. The monoisotopic (exact) mass is 359 g/mol. The molecule has 1 aromatic heterocycles. The van der Waals surface area contributed by atoms with Gasteiger partial charge in [0.15, 0.2) is 0 Å². The Morgan fingerprint density at radius 3 is 2.62 bits per heavy atom. The summed E-state index contributed by atoms with van der Waals surface area (Å²) < 4.78 is 7.32. The number of benzene rings is 1. The van der Waals surface area contributed by atoms with Gasteiger partial charge >= 0.3 is 6.03 Å². The molecule has 0 spiro atoms. The van der Waals surface area contributed by atoms with E-state index in [4.69, 9.17) is 4.74 Å². The SMILES string of the molecule is COc1ccccc1C(CNC(=O)NCC(C)Cn1cccn1)N(C)C. The van der Waals surface area contributed by atoms with E-state index < -0.39 is 0 Å². The summed E-state index contributed by atoms with van der Waals surface area (Å²) in [7, 11) is 5.64. The lowest BCUT2D eigenvalue weighted by Gasteiger charge is -2.26. The van der Waals surface area contributed by atoms with E-state index in [1.54, 1.807) is 13.3 Å². The summed E-state index contributed by atoms with van der Waals surface area (Å²) in [4.78, 5) is 14.2. The number of urea groups is 1. The van der Waals surface area contributed by atoms with E-state index in [-0.39, 0.29) is 12.1 Å². The molecule has 2 amide bonds. The molecule has 26 heavy (non-hydrogen) atoms. The van der Waals surface area contributed by atoms with Crippen molar-refractivity contribution in [1.29, 1.82) is 0 Å². The van der Waals surface area contributed by atoms with Crippen LogP contribution in [0.5, 0.6) is 5.75 Å². The number of aromatic nitrogens is 2. The molecule has 0 radical (unpaired) electrons. The summed E-state index contributed by atoms with van der Waals surface area (Å²) in [6.45, 7) is 3.94. The fraction of sp³-hybridized carbons (Fsp3) is 0.474. The predicted molar refractivity (Wildman–Crippen MR) is 102 cm³/mol. The Balaban J connectivity index is 1.83. The van der Waals surface area contributed by atoms with Gasteiger partial charge in [0, 0.05) is 37.6 Å². The Hall–Kier alpha value is -2.54. The molecular formula is C19H29N5O2. The Kier molecular flexibility index (Phi) is 7.47. The van der Waals surface area contributed by atoms with Crippen LogP contribution in [0.25, 0.3) is 0 Å². The molecule has 142 valence electrons. The van der Waals surface area contributed by atoms with Gasteiger partial charge in [-0.05, 0) is 32.1 Å². The van der Waals surface area contributed by atoms with Crippen LogP contribution in [-0.2, 0) is 6.54 Å². The zero-order valence-electron chi connectivity index (χ0n) is 16.0. The third-order valence-corrected chi connectivity index (χ3v) is 4.25. The van der Waals surface area contributed by atoms with E-state index in [1.807, 2.05) is 55.3 Å². The Morgan fingerprint density at radius 2 is 1.96 bits per heavy atom. The molecule has 2 N–H and O–H groups in total. The number of carbonyl (C=O) groups excluding carboxylic acids is 1. The van der Waals surface area contributed by atoms with Crippen LogP contribution in [0.1, 0.15) is 18.5 Å². The molecule has 0 saturated heterocycles. The third kappa shape index (κ3) is 5.77. The van der Waals surface area contributed by atoms with E-state index in [2.05, 4.69) is 27.6 Å². The van der Waals surface area contributed by atoms with Gasteiger partial charge in [0.1, 0.15) is 5.75 Å². The number of hydrogen-bond donors (Lipinski definition) is 2. The van der Waals surface area contributed by atoms with Crippen LogP contribution < -0.4 is 15.4 Å². The number of hydrogen-bond acceptors (Lipinski definition) is 4. The largest absolute Gasteiger partial charge is 0.496 e. The zero-order valence-corrected chi connectivity index (χ0v) is 16.0. The summed E-state index contributed by atoms with van der Waals surface area (Å²) in [6, 6.07) is 9.63. The molecule has 7 heteroatoms. The third-order valence-electron chi connectivity index (χ3n) is 4.25. The first-order chi connectivity index (χ1) is 12.5. The topological polar surface area (TPSA) is 71.4 Å². The molecule has 1 aromatic carbocycles. The average Bonchev–Trinajstić information content (AvgIpc) is 3.13. The van der Waals surface area contributed by atoms with Crippen LogP contribution in [0, 0.1) is 5.92 Å². The maximum absolute atomic E-state index is 12.2. The highest BCUT2D eigenvalue weighted by Gasteiger charge is 2.19. The minimum absolute atomic E-state index is 0.0263. The van der Waals surface area contributed by atoms with Crippen molar-refractivity contribution < 1.29 is 9.53 Å². The lowest BCUT2D eigenvalue weighted by molar-refractivity contribution is 0.229. The molecule has 0 aliphatic rings. The molecule has 2 unspecified atom stereocenters. The van der Waals surface area contributed by atoms with Gasteiger partial charge in [-0.2, -0.15) is 5.10 Å². The van der Waals surface area contributed by atoms with E-state index in [0.717, 1.165) is 17.9 Å². The van der Waals surface area contributed by atoms with Crippen molar-refractivity contribution in [2.24, 2.45) is 5.92 Å². The Bertz CT molecular complexity index is 672. The van der Waals surface area contributed by atoms with Crippen LogP contribution in [0.15, 0.2) is 42.7 Å². The summed E-state index contributed by atoms with van der Waals surface area (Å²) in [5.41, 5.74) is 1.05. The number of para-hydroxylation sites is 1. The molecule has 2 rings (SSSR count). The number of methoxy groups -OCH3 is 1. The highest BCUT2D eigenvalue weighted by Crippen LogP contribution is 2.27. The molecule has 0 saturated carbocycles. The fourth-order valence-electron chi connectivity index (χ4n) is 2.82. The fourth-order valence-corrected chi connectivity index (χ4v) is 2.82. The molecule has 2 atom stereocenters. The number of nitrogens with zero attached hydrogens (tertiary/aromatic N) is 3. The highest BCUT2D eigenvalue weighted by molar-refractivity contribution is 5.73. The van der Waals surface area contributed by atoms with Crippen molar-refractivity contribution in [3.63, 3.8) is 0 Å². The summed E-state index contributed by atoms with van der Waals surface area (Å²) in [5.74, 6) is 1.11. The van der Waals surface area contributed by atoms with E-state index in [0.29, 0.717) is 19.0 Å².